The van der Waals surface area contributed by atoms with Gasteiger partial charge in [-0.15, -0.1) is 0 Å². The number of nitrogens with one attached hydrogen (secondary N) is 2. The third-order valence-corrected chi connectivity index (χ3v) is 2.45. The first-order chi connectivity index (χ1) is 9.08. The standard InChI is InChI=1S/C11H10N4O4/c16-10-9(11(17)14-6-13-10)12-5-7-1-3-8(4-2-7)15(18)19/h1-4,6,12H,5H2,(H2,13,14,16,17). The van der Waals surface area contributed by atoms with Gasteiger partial charge < -0.3 is 15.4 Å². The number of nitro benzene ring substituents is 1. The highest BCUT2D eigenvalue weighted by molar-refractivity contribution is 5.49. The maximum absolute atomic E-state index is 11.4. The molecule has 1 aromatic heterocycles. The second kappa shape index (κ2) is 5.17. The van der Waals surface area contributed by atoms with Crippen molar-refractivity contribution < 1.29 is 10.0 Å². The molecular formula is C11H10N4O4. The topological polar surface area (TPSA) is 121 Å². The first-order valence-corrected chi connectivity index (χ1v) is 5.32. The average molecular weight is 262 g/mol. The van der Waals surface area contributed by atoms with Crippen LogP contribution in [0.5, 0.6) is 5.88 Å². The molecule has 0 saturated heterocycles. The minimum Gasteiger partial charge on any atom is -0.492 e. The number of rotatable bonds is 4. The lowest BCUT2D eigenvalue weighted by Crippen LogP contribution is -2.14. The molecular weight excluding hydrogens is 252 g/mol. The van der Waals surface area contributed by atoms with Crippen LogP contribution in [0, 0.1) is 10.1 Å². The van der Waals surface area contributed by atoms with E-state index in [-0.39, 0.29) is 17.9 Å². The average Bonchev–Trinajstić information content (AvgIpc) is 2.38. The second-order valence-electron chi connectivity index (χ2n) is 3.71. The summed E-state index contributed by atoms with van der Waals surface area (Å²) in [6.45, 7) is 0.236. The summed E-state index contributed by atoms with van der Waals surface area (Å²) < 4.78 is 0. The molecule has 8 nitrogen and oxygen atoms in total. The van der Waals surface area contributed by atoms with Crippen LogP contribution >= 0.6 is 0 Å². The summed E-state index contributed by atoms with van der Waals surface area (Å²) in [4.78, 5) is 27.3. The van der Waals surface area contributed by atoms with Crippen molar-refractivity contribution in [1.29, 1.82) is 0 Å². The molecule has 3 N–H and O–H groups in total. The van der Waals surface area contributed by atoms with Crippen LogP contribution in [0.15, 0.2) is 35.4 Å². The number of aromatic amines is 1. The van der Waals surface area contributed by atoms with Gasteiger partial charge in [-0.1, -0.05) is 12.1 Å². The molecule has 8 heteroatoms. The van der Waals surface area contributed by atoms with Crippen LogP contribution in [0.2, 0.25) is 0 Å². The Balaban J connectivity index is 2.10. The van der Waals surface area contributed by atoms with E-state index in [2.05, 4.69) is 15.3 Å². The highest BCUT2D eigenvalue weighted by atomic mass is 16.6. The van der Waals surface area contributed by atoms with Crippen molar-refractivity contribution in [2.75, 3.05) is 5.32 Å². The molecule has 0 spiro atoms. The zero-order chi connectivity index (χ0) is 13.8. The smallest absolute Gasteiger partial charge is 0.278 e. The van der Waals surface area contributed by atoms with Gasteiger partial charge in [-0.25, -0.2) is 4.98 Å². The minimum atomic E-state index is -0.491. The number of anilines is 1. The normalized spacial score (nSPS) is 10.1. The molecule has 1 aromatic carbocycles. The maximum atomic E-state index is 11.4. The molecule has 2 aromatic rings. The SMILES string of the molecule is O=c1[nH]cnc(O)c1NCc1ccc([N+](=O)[O-])cc1. The first-order valence-electron chi connectivity index (χ1n) is 5.32. The maximum Gasteiger partial charge on any atom is 0.278 e. The molecule has 19 heavy (non-hydrogen) atoms. The van der Waals surface area contributed by atoms with Crippen molar-refractivity contribution in [2.45, 2.75) is 6.54 Å². The molecule has 0 atom stereocenters. The first kappa shape index (κ1) is 12.6. The zero-order valence-corrected chi connectivity index (χ0v) is 9.66. The monoisotopic (exact) mass is 262 g/mol. The summed E-state index contributed by atoms with van der Waals surface area (Å²) in [6, 6.07) is 5.86. The van der Waals surface area contributed by atoms with E-state index in [1.807, 2.05) is 0 Å². The van der Waals surface area contributed by atoms with Gasteiger partial charge in [-0.3, -0.25) is 14.9 Å². The van der Waals surface area contributed by atoms with Gasteiger partial charge in [-0.2, -0.15) is 0 Å². The Morgan fingerprint density at radius 1 is 1.37 bits per heavy atom. The molecule has 0 aliphatic carbocycles. The predicted octanol–water partition coefficient (Wildman–Crippen LogP) is 0.996. The summed E-state index contributed by atoms with van der Waals surface area (Å²) in [7, 11) is 0. The molecule has 2 rings (SSSR count). The lowest BCUT2D eigenvalue weighted by atomic mass is 10.2. The van der Waals surface area contributed by atoms with Crippen LogP contribution in [-0.4, -0.2) is 20.0 Å². The molecule has 0 unspecified atom stereocenters. The van der Waals surface area contributed by atoms with E-state index in [0.717, 1.165) is 11.9 Å². The predicted molar refractivity (Wildman–Crippen MR) is 66.9 cm³/mol. The zero-order valence-electron chi connectivity index (χ0n) is 9.66. The van der Waals surface area contributed by atoms with E-state index >= 15 is 0 Å². The summed E-state index contributed by atoms with van der Waals surface area (Å²) in [6.07, 6.45) is 1.09. The molecule has 0 amide bonds. The Bertz CT molecular complexity index is 650. The van der Waals surface area contributed by atoms with Crippen molar-refractivity contribution in [3.8, 4) is 5.88 Å². The molecule has 1 heterocycles. The second-order valence-corrected chi connectivity index (χ2v) is 3.71. The molecule has 98 valence electrons. The summed E-state index contributed by atoms with van der Waals surface area (Å²) >= 11 is 0. The van der Waals surface area contributed by atoms with E-state index in [0.29, 0.717) is 0 Å². The number of H-pyrrole nitrogens is 1. The molecule has 0 saturated carbocycles. The number of non-ortho nitro benzene ring substituents is 1. The Labute approximate surface area is 106 Å². The third-order valence-electron chi connectivity index (χ3n) is 2.45. The van der Waals surface area contributed by atoms with E-state index in [1.54, 1.807) is 12.1 Å². The van der Waals surface area contributed by atoms with Crippen LogP contribution in [0.25, 0.3) is 0 Å². The summed E-state index contributed by atoms with van der Waals surface area (Å²) in [5.74, 6) is -0.398. The van der Waals surface area contributed by atoms with E-state index in [4.69, 9.17) is 0 Å². The molecule has 0 fully saturated rings. The quantitative estimate of drug-likeness (QED) is 0.558. The van der Waals surface area contributed by atoms with E-state index < -0.39 is 16.4 Å². The Kier molecular flexibility index (Phi) is 3.42. The van der Waals surface area contributed by atoms with Crippen molar-refractivity contribution >= 4 is 11.4 Å². The molecule has 0 bridgehead atoms. The van der Waals surface area contributed by atoms with Crippen LogP contribution in [-0.2, 0) is 6.54 Å². The Morgan fingerprint density at radius 2 is 2.05 bits per heavy atom. The van der Waals surface area contributed by atoms with Crippen LogP contribution in [0.1, 0.15) is 5.56 Å². The van der Waals surface area contributed by atoms with Gasteiger partial charge in [0.2, 0.25) is 5.88 Å². The summed E-state index contributed by atoms with van der Waals surface area (Å²) in [5.41, 5.74) is 0.189. The molecule has 0 aliphatic rings. The minimum absolute atomic E-state index is 0.00850. The molecule has 0 aliphatic heterocycles. The molecule has 0 radical (unpaired) electrons. The largest absolute Gasteiger partial charge is 0.492 e. The van der Waals surface area contributed by atoms with Gasteiger partial charge in [0.05, 0.1) is 11.3 Å². The van der Waals surface area contributed by atoms with Gasteiger partial charge in [0, 0.05) is 18.7 Å². The lowest BCUT2D eigenvalue weighted by molar-refractivity contribution is -0.384. The number of aromatic hydroxyl groups is 1. The van der Waals surface area contributed by atoms with Crippen LogP contribution in [0.3, 0.4) is 0 Å². The van der Waals surface area contributed by atoms with Gasteiger partial charge in [0.15, 0.2) is 5.69 Å². The fraction of sp³-hybridized carbons (Fsp3) is 0.0909. The van der Waals surface area contributed by atoms with Crippen LogP contribution < -0.4 is 10.9 Å². The van der Waals surface area contributed by atoms with Crippen molar-refractivity contribution in [3.05, 3.63) is 56.6 Å². The highest BCUT2D eigenvalue weighted by Crippen LogP contribution is 2.16. The van der Waals surface area contributed by atoms with Crippen LogP contribution in [0.4, 0.5) is 11.4 Å². The van der Waals surface area contributed by atoms with E-state index in [1.165, 1.54) is 12.1 Å². The van der Waals surface area contributed by atoms with Crippen molar-refractivity contribution in [1.82, 2.24) is 9.97 Å². The van der Waals surface area contributed by atoms with Gasteiger partial charge in [0.1, 0.15) is 0 Å². The van der Waals surface area contributed by atoms with Gasteiger partial charge in [0.25, 0.3) is 11.2 Å². The number of hydrogen-bond acceptors (Lipinski definition) is 6. The summed E-state index contributed by atoms with van der Waals surface area (Å²) in [5, 5.41) is 22.6. The third kappa shape index (κ3) is 2.86. The number of hydrogen-bond donors (Lipinski definition) is 3. The van der Waals surface area contributed by atoms with Crippen molar-refractivity contribution in [3.63, 3.8) is 0 Å². The highest BCUT2D eigenvalue weighted by Gasteiger charge is 2.08. The fourth-order valence-electron chi connectivity index (χ4n) is 1.48. The van der Waals surface area contributed by atoms with E-state index in [9.17, 15) is 20.0 Å². The Hall–Kier alpha value is -2.90. The van der Waals surface area contributed by atoms with Gasteiger partial charge in [-0.05, 0) is 5.56 Å². The fourth-order valence-corrected chi connectivity index (χ4v) is 1.48. The number of nitro groups is 1. The number of benzene rings is 1. The lowest BCUT2D eigenvalue weighted by Gasteiger charge is -2.06. The van der Waals surface area contributed by atoms with Crippen molar-refractivity contribution in [2.24, 2.45) is 0 Å². The number of nitrogens with zero attached hydrogens (tertiary/aromatic N) is 2. The Morgan fingerprint density at radius 3 is 2.63 bits per heavy atom. The number of aromatic nitrogens is 2. The van der Waals surface area contributed by atoms with Gasteiger partial charge >= 0.3 is 0 Å².